The van der Waals surface area contributed by atoms with Gasteiger partial charge in [0.25, 0.3) is 0 Å². The number of nitrogens with two attached hydrogens (primary N) is 1. The normalized spacial score (nSPS) is 16.0. The molecular formula is C36H50ClF2N5O2. The van der Waals surface area contributed by atoms with Crippen molar-refractivity contribution in [2.45, 2.75) is 90.9 Å². The molecule has 1 aliphatic rings. The Balaban J connectivity index is 0.00000361. The molecule has 0 heterocycles. The third kappa shape index (κ3) is 10.7. The average molecular weight is 658 g/mol. The summed E-state index contributed by atoms with van der Waals surface area (Å²) >= 11 is 6.22. The van der Waals surface area contributed by atoms with Gasteiger partial charge in [0.1, 0.15) is 23.0 Å². The molecule has 2 aromatic rings. The van der Waals surface area contributed by atoms with Crippen LogP contribution < -0.4 is 21.7 Å². The first-order valence-electron chi connectivity index (χ1n) is 15.9. The molecule has 0 aliphatic heterocycles. The minimum Gasteiger partial charge on any atom is -0.384 e. The molecule has 2 amide bonds. The van der Waals surface area contributed by atoms with E-state index in [2.05, 4.69) is 22.5 Å². The molecule has 10 heteroatoms. The summed E-state index contributed by atoms with van der Waals surface area (Å²) in [5.74, 6) is -1.90. The predicted octanol–water partition coefficient (Wildman–Crippen LogP) is 6.52. The third-order valence-electron chi connectivity index (χ3n) is 8.17. The number of amides is 2. The number of likely N-dealkylation sites (N-methyl/N-ethyl adjacent to an activating group) is 1. The zero-order valence-electron chi connectivity index (χ0n) is 27.9. The molecule has 252 valence electrons. The minimum atomic E-state index is -1.01. The highest BCUT2D eigenvalue weighted by atomic mass is 35.5. The Morgan fingerprint density at radius 3 is 2.57 bits per heavy atom. The Labute approximate surface area is 278 Å². The topological polar surface area (TPSA) is 99.5 Å². The highest BCUT2D eigenvalue weighted by Crippen LogP contribution is 2.27. The van der Waals surface area contributed by atoms with Crippen molar-refractivity contribution in [3.8, 4) is 0 Å². The molecule has 3 atom stereocenters. The number of aryl methyl sites for hydroxylation is 1. The van der Waals surface area contributed by atoms with Crippen LogP contribution in [0.2, 0.25) is 5.02 Å². The van der Waals surface area contributed by atoms with E-state index >= 15 is 0 Å². The fourth-order valence-electron chi connectivity index (χ4n) is 5.32. The molecule has 0 spiro atoms. The fourth-order valence-corrected chi connectivity index (χ4v) is 5.53. The third-order valence-corrected chi connectivity index (χ3v) is 8.54. The number of nitrogens with zero attached hydrogens (tertiary/aromatic N) is 1. The van der Waals surface area contributed by atoms with Crippen LogP contribution in [0.25, 0.3) is 0 Å². The Hall–Kier alpha value is -3.69. The van der Waals surface area contributed by atoms with E-state index < -0.39 is 23.2 Å². The lowest BCUT2D eigenvalue weighted by atomic mass is 9.85. The maximum Gasteiger partial charge on any atom is 0.245 e. The lowest BCUT2D eigenvalue weighted by Gasteiger charge is -2.34. The lowest BCUT2D eigenvalue weighted by molar-refractivity contribution is -0.129. The Morgan fingerprint density at radius 1 is 1.22 bits per heavy atom. The van der Waals surface area contributed by atoms with Crippen molar-refractivity contribution < 1.29 is 18.4 Å². The van der Waals surface area contributed by atoms with E-state index in [9.17, 15) is 18.4 Å². The zero-order valence-corrected chi connectivity index (χ0v) is 28.7. The van der Waals surface area contributed by atoms with Gasteiger partial charge in [0, 0.05) is 42.8 Å². The molecule has 0 aromatic heterocycles. The molecule has 0 bridgehead atoms. The zero-order chi connectivity index (χ0) is 34.4. The number of carbonyl (C=O) groups is 2. The lowest BCUT2D eigenvalue weighted by Crippen LogP contribution is -2.54. The number of carbonyl (C=O) groups excluding carboxylic acids is 2. The molecule has 1 aliphatic carbocycles. The van der Waals surface area contributed by atoms with E-state index in [0.29, 0.717) is 48.3 Å². The van der Waals surface area contributed by atoms with Gasteiger partial charge in [-0.05, 0) is 81.7 Å². The summed E-state index contributed by atoms with van der Waals surface area (Å²) < 4.78 is 28.4. The molecule has 7 nitrogen and oxygen atoms in total. The van der Waals surface area contributed by atoms with Gasteiger partial charge in [-0.15, -0.1) is 6.58 Å². The molecule has 3 rings (SSSR count). The highest BCUT2D eigenvalue weighted by molar-refractivity contribution is 6.31. The summed E-state index contributed by atoms with van der Waals surface area (Å²) in [6, 6.07) is 8.67. The number of fused-ring (bicyclic) bond motifs is 1. The van der Waals surface area contributed by atoms with E-state index in [1.165, 1.54) is 12.3 Å². The van der Waals surface area contributed by atoms with Gasteiger partial charge in [-0.2, -0.15) is 0 Å². The van der Waals surface area contributed by atoms with Gasteiger partial charge in [-0.1, -0.05) is 61.9 Å². The second kappa shape index (κ2) is 18.5. The number of nitrogens with one attached hydrogen (secondary N) is 3. The first-order valence-corrected chi connectivity index (χ1v) is 16.2. The van der Waals surface area contributed by atoms with E-state index in [1.54, 1.807) is 37.9 Å². The van der Waals surface area contributed by atoms with E-state index in [-0.39, 0.29) is 36.1 Å². The van der Waals surface area contributed by atoms with Crippen LogP contribution >= 0.6 is 11.6 Å². The van der Waals surface area contributed by atoms with Crippen molar-refractivity contribution in [2.75, 3.05) is 7.05 Å². The first-order chi connectivity index (χ1) is 21.9. The molecule has 5 N–H and O–H groups in total. The maximum atomic E-state index is 14.6. The SMILES string of the molecule is C=CCCC(/C=C\C)[C@H](NC1CCc2cc(F)cc(F)c2C1)C(=O)N/C(N)=C/N(C)C(C)(C)C(=O)NCc1ccccc1Cl.CC. The molecule has 0 radical (unpaired) electrons. The van der Waals surface area contributed by atoms with Crippen molar-refractivity contribution >= 4 is 23.4 Å². The van der Waals surface area contributed by atoms with Crippen LogP contribution in [0.4, 0.5) is 8.78 Å². The van der Waals surface area contributed by atoms with Crippen LogP contribution in [0.5, 0.6) is 0 Å². The predicted molar refractivity (Wildman–Crippen MR) is 184 cm³/mol. The Morgan fingerprint density at radius 2 is 1.91 bits per heavy atom. The van der Waals surface area contributed by atoms with Crippen molar-refractivity contribution in [1.82, 2.24) is 20.9 Å². The van der Waals surface area contributed by atoms with Crippen molar-refractivity contribution in [1.29, 1.82) is 0 Å². The van der Waals surface area contributed by atoms with E-state index in [0.717, 1.165) is 11.6 Å². The van der Waals surface area contributed by atoms with Crippen LogP contribution in [-0.2, 0) is 29.0 Å². The second-order valence-corrected chi connectivity index (χ2v) is 12.1. The van der Waals surface area contributed by atoms with Gasteiger partial charge in [-0.25, -0.2) is 8.78 Å². The van der Waals surface area contributed by atoms with E-state index in [4.69, 9.17) is 17.3 Å². The first kappa shape index (κ1) is 38.5. The smallest absolute Gasteiger partial charge is 0.245 e. The van der Waals surface area contributed by atoms with Gasteiger partial charge in [0.05, 0.1) is 6.04 Å². The van der Waals surface area contributed by atoms with Crippen LogP contribution in [0, 0.1) is 17.6 Å². The van der Waals surface area contributed by atoms with Gasteiger partial charge >= 0.3 is 0 Å². The van der Waals surface area contributed by atoms with Gasteiger partial charge < -0.3 is 26.6 Å². The number of hydrogen-bond acceptors (Lipinski definition) is 5. The average Bonchev–Trinajstić information content (AvgIpc) is 3.02. The number of halogens is 3. The summed E-state index contributed by atoms with van der Waals surface area (Å²) in [4.78, 5) is 28.5. The summed E-state index contributed by atoms with van der Waals surface area (Å²) in [5.41, 5.74) is 7.21. The molecule has 2 unspecified atom stereocenters. The monoisotopic (exact) mass is 657 g/mol. The molecule has 2 aromatic carbocycles. The number of benzene rings is 2. The van der Waals surface area contributed by atoms with Crippen LogP contribution in [0.1, 0.15) is 70.6 Å². The molecular weight excluding hydrogens is 608 g/mol. The van der Waals surface area contributed by atoms with Crippen molar-refractivity contribution in [2.24, 2.45) is 11.7 Å². The van der Waals surface area contributed by atoms with E-state index in [1.807, 2.05) is 51.1 Å². The summed E-state index contributed by atoms with van der Waals surface area (Å²) in [6.45, 7) is 13.5. The number of allylic oxidation sites excluding steroid dienone is 2. The molecule has 0 saturated carbocycles. The fraction of sp³-hybridized carbons (Fsp3) is 0.444. The summed E-state index contributed by atoms with van der Waals surface area (Å²) in [7, 11) is 1.70. The Kier molecular flexibility index (Phi) is 15.4. The van der Waals surface area contributed by atoms with Gasteiger partial charge in [-0.3, -0.25) is 9.59 Å². The standard InChI is InChI=1S/C34H44ClF2N5O2.C2H6/c1-6-8-12-22(11-7-2)31(40-26-16-15-23-17-25(36)18-29(37)27(23)19-26)32(43)41-30(38)21-42(5)34(3,4)33(44)39-20-24-13-9-10-14-28(24)35;1-2/h6-7,9-11,13-14,17-18,21-22,26,31,40H,1,8,12,15-16,19-20,38H2,2-5H3,(H,39,44)(H,41,43);1-2H3/b11-7-,30-21+;/t22?,26?,31-;/m0./s1. The summed E-state index contributed by atoms with van der Waals surface area (Å²) in [5, 5.41) is 9.71. The maximum absolute atomic E-state index is 14.6. The minimum absolute atomic E-state index is 0.0646. The van der Waals surface area contributed by atoms with Crippen molar-refractivity contribution in [3.63, 3.8) is 0 Å². The molecule has 46 heavy (non-hydrogen) atoms. The van der Waals surface area contributed by atoms with Gasteiger partial charge in [0.2, 0.25) is 11.8 Å². The number of hydrogen-bond donors (Lipinski definition) is 4. The largest absolute Gasteiger partial charge is 0.384 e. The molecule has 0 fully saturated rings. The highest BCUT2D eigenvalue weighted by Gasteiger charge is 2.33. The second-order valence-electron chi connectivity index (χ2n) is 11.7. The molecule has 0 saturated heterocycles. The van der Waals surface area contributed by atoms with Crippen LogP contribution in [0.15, 0.2) is 73.2 Å². The van der Waals surface area contributed by atoms with Crippen molar-refractivity contribution in [3.05, 3.63) is 107 Å². The quantitative estimate of drug-likeness (QED) is 0.174. The van der Waals surface area contributed by atoms with Crippen LogP contribution in [-0.4, -0.2) is 41.4 Å². The van der Waals surface area contributed by atoms with Gasteiger partial charge in [0.15, 0.2) is 0 Å². The summed E-state index contributed by atoms with van der Waals surface area (Å²) in [6.07, 6.45) is 9.97. The number of rotatable bonds is 14. The Bertz CT molecular complexity index is 1390. The van der Waals surface area contributed by atoms with Crippen LogP contribution in [0.3, 0.4) is 0 Å².